The smallest absolute Gasteiger partial charge is 0.128 e. The molecule has 0 amide bonds. The van der Waals surface area contributed by atoms with Gasteiger partial charge in [-0.15, -0.1) is 0 Å². The molecule has 0 spiro atoms. The Morgan fingerprint density at radius 1 is 1.17 bits per heavy atom. The maximum absolute atomic E-state index is 5.69. The fourth-order valence-electron chi connectivity index (χ4n) is 4.66. The number of pyridine rings is 1. The first-order valence-corrected chi connectivity index (χ1v) is 9.63. The van der Waals surface area contributed by atoms with Crippen molar-refractivity contribution in [1.29, 1.82) is 0 Å². The van der Waals surface area contributed by atoms with E-state index in [1.54, 1.807) is 0 Å². The van der Waals surface area contributed by atoms with E-state index in [2.05, 4.69) is 32.7 Å². The van der Waals surface area contributed by atoms with Crippen molar-refractivity contribution in [3.63, 3.8) is 0 Å². The van der Waals surface area contributed by atoms with Crippen LogP contribution >= 0.6 is 0 Å². The summed E-state index contributed by atoms with van der Waals surface area (Å²) in [5.41, 5.74) is 0. The van der Waals surface area contributed by atoms with Gasteiger partial charge in [-0.2, -0.15) is 0 Å². The first-order valence-electron chi connectivity index (χ1n) is 9.63. The summed E-state index contributed by atoms with van der Waals surface area (Å²) < 4.78 is 5.69. The minimum absolute atomic E-state index is 0.548. The molecule has 1 aromatic rings. The Morgan fingerprint density at radius 3 is 2.83 bits per heavy atom. The lowest BCUT2D eigenvalue weighted by atomic mass is 9.92. The molecule has 5 nitrogen and oxygen atoms in total. The van der Waals surface area contributed by atoms with E-state index >= 15 is 0 Å². The molecule has 3 heterocycles. The molecule has 3 fully saturated rings. The lowest BCUT2D eigenvalue weighted by Crippen LogP contribution is -2.53. The predicted molar refractivity (Wildman–Crippen MR) is 96.3 cm³/mol. The van der Waals surface area contributed by atoms with Crippen molar-refractivity contribution in [1.82, 2.24) is 15.6 Å². The third-order valence-corrected chi connectivity index (χ3v) is 5.95. The Morgan fingerprint density at radius 2 is 2.08 bits per heavy atom. The minimum Gasteiger partial charge on any atom is -0.379 e. The Kier molecular flexibility index (Phi) is 5.30. The Balaban J connectivity index is 1.28. The standard InChI is InChI=1S/C19H30N4O/c1-2-9-21-19(6-1)23-11-7-15(8-12-23)22-17-5-3-4-16(17)18-14-24-13-10-20-18/h1-2,6,9,15-18,20,22H,3-5,7-8,10-14H2. The third kappa shape index (κ3) is 3.73. The highest BCUT2D eigenvalue weighted by atomic mass is 16.5. The fourth-order valence-corrected chi connectivity index (χ4v) is 4.66. The van der Waals surface area contributed by atoms with Crippen molar-refractivity contribution >= 4 is 5.82 Å². The van der Waals surface area contributed by atoms with Gasteiger partial charge in [0.25, 0.3) is 0 Å². The van der Waals surface area contributed by atoms with Gasteiger partial charge in [-0.25, -0.2) is 4.98 Å². The van der Waals surface area contributed by atoms with E-state index in [4.69, 9.17) is 4.74 Å². The van der Waals surface area contributed by atoms with Crippen molar-refractivity contribution in [2.75, 3.05) is 37.7 Å². The molecule has 132 valence electrons. The zero-order valence-corrected chi connectivity index (χ0v) is 14.5. The molecule has 3 aliphatic rings. The quantitative estimate of drug-likeness (QED) is 0.882. The molecule has 2 aliphatic heterocycles. The van der Waals surface area contributed by atoms with Crippen LogP contribution in [-0.2, 0) is 4.74 Å². The van der Waals surface area contributed by atoms with Gasteiger partial charge in [-0.3, -0.25) is 0 Å². The maximum Gasteiger partial charge on any atom is 0.128 e. The summed E-state index contributed by atoms with van der Waals surface area (Å²) in [5, 5.41) is 7.67. The van der Waals surface area contributed by atoms with Crippen LogP contribution in [0.4, 0.5) is 5.82 Å². The molecule has 3 unspecified atom stereocenters. The normalized spacial score (nSPS) is 32.2. The second-order valence-electron chi connectivity index (χ2n) is 7.45. The highest BCUT2D eigenvalue weighted by molar-refractivity contribution is 5.38. The highest BCUT2D eigenvalue weighted by Gasteiger charge is 2.36. The summed E-state index contributed by atoms with van der Waals surface area (Å²) in [6.45, 7) is 4.98. The molecule has 1 aromatic heterocycles. The molecule has 0 bridgehead atoms. The molecule has 2 N–H and O–H groups in total. The number of ether oxygens (including phenoxy) is 1. The molecular weight excluding hydrogens is 300 g/mol. The number of nitrogens with one attached hydrogen (secondary N) is 2. The van der Waals surface area contributed by atoms with E-state index in [1.807, 2.05) is 12.3 Å². The first kappa shape index (κ1) is 16.3. The number of rotatable bonds is 4. The van der Waals surface area contributed by atoms with Crippen molar-refractivity contribution in [3.8, 4) is 0 Å². The first-order chi connectivity index (χ1) is 11.9. The van der Waals surface area contributed by atoms with Crippen LogP contribution < -0.4 is 15.5 Å². The van der Waals surface area contributed by atoms with Crippen LogP contribution in [0.5, 0.6) is 0 Å². The zero-order valence-electron chi connectivity index (χ0n) is 14.5. The number of anilines is 1. The number of morpholine rings is 1. The Hall–Kier alpha value is -1.17. The van der Waals surface area contributed by atoms with Gasteiger partial charge in [0.1, 0.15) is 5.82 Å². The van der Waals surface area contributed by atoms with E-state index in [0.717, 1.165) is 44.6 Å². The third-order valence-electron chi connectivity index (χ3n) is 5.95. The molecule has 0 radical (unpaired) electrons. The van der Waals surface area contributed by atoms with Gasteiger partial charge in [0, 0.05) is 44.0 Å². The van der Waals surface area contributed by atoms with Crippen LogP contribution in [-0.4, -0.2) is 56.0 Å². The molecule has 2 saturated heterocycles. The van der Waals surface area contributed by atoms with Gasteiger partial charge in [-0.05, 0) is 43.7 Å². The van der Waals surface area contributed by atoms with Crippen LogP contribution in [0, 0.1) is 5.92 Å². The molecular formula is C19H30N4O. The van der Waals surface area contributed by atoms with E-state index in [9.17, 15) is 0 Å². The summed E-state index contributed by atoms with van der Waals surface area (Å²) in [6, 6.07) is 8.05. The predicted octanol–water partition coefficient (Wildman–Crippen LogP) is 1.80. The summed E-state index contributed by atoms with van der Waals surface area (Å²) >= 11 is 0. The molecule has 4 rings (SSSR count). The number of aromatic nitrogens is 1. The monoisotopic (exact) mass is 330 g/mol. The average molecular weight is 330 g/mol. The number of hydrogen-bond donors (Lipinski definition) is 2. The van der Waals surface area contributed by atoms with Crippen LogP contribution in [0.25, 0.3) is 0 Å². The summed E-state index contributed by atoms with van der Waals surface area (Å²) in [7, 11) is 0. The lowest BCUT2D eigenvalue weighted by Gasteiger charge is -2.38. The highest BCUT2D eigenvalue weighted by Crippen LogP contribution is 2.30. The van der Waals surface area contributed by atoms with Gasteiger partial charge >= 0.3 is 0 Å². The number of hydrogen-bond acceptors (Lipinski definition) is 5. The van der Waals surface area contributed by atoms with Gasteiger partial charge in [-0.1, -0.05) is 12.5 Å². The molecule has 0 aromatic carbocycles. The van der Waals surface area contributed by atoms with Crippen LogP contribution in [0.15, 0.2) is 24.4 Å². The summed E-state index contributed by atoms with van der Waals surface area (Å²) in [4.78, 5) is 6.90. The molecule has 5 heteroatoms. The maximum atomic E-state index is 5.69. The number of nitrogens with zero attached hydrogens (tertiary/aromatic N) is 2. The topological polar surface area (TPSA) is 49.4 Å². The fraction of sp³-hybridized carbons (Fsp3) is 0.737. The second-order valence-corrected chi connectivity index (χ2v) is 7.45. The van der Waals surface area contributed by atoms with E-state index in [1.165, 1.54) is 32.1 Å². The Labute approximate surface area is 145 Å². The van der Waals surface area contributed by atoms with Gasteiger partial charge in [0.15, 0.2) is 0 Å². The van der Waals surface area contributed by atoms with Crippen LogP contribution in [0.1, 0.15) is 32.1 Å². The molecule has 1 saturated carbocycles. The Bertz CT molecular complexity index is 497. The van der Waals surface area contributed by atoms with Crippen molar-refractivity contribution in [3.05, 3.63) is 24.4 Å². The molecule has 3 atom stereocenters. The minimum atomic E-state index is 0.548. The van der Waals surface area contributed by atoms with Gasteiger partial charge in [0.05, 0.1) is 13.2 Å². The number of piperidine rings is 1. The SMILES string of the molecule is c1ccc(N2CCC(NC3CCCC3C3COCCN3)CC2)nc1. The summed E-state index contributed by atoms with van der Waals surface area (Å²) in [6.07, 6.45) is 8.34. The van der Waals surface area contributed by atoms with E-state index < -0.39 is 0 Å². The van der Waals surface area contributed by atoms with Crippen molar-refractivity contribution in [2.45, 2.75) is 50.2 Å². The largest absolute Gasteiger partial charge is 0.379 e. The lowest BCUT2D eigenvalue weighted by molar-refractivity contribution is 0.0514. The molecule has 24 heavy (non-hydrogen) atoms. The second kappa shape index (κ2) is 7.81. The van der Waals surface area contributed by atoms with Crippen LogP contribution in [0.3, 0.4) is 0 Å². The van der Waals surface area contributed by atoms with E-state index in [0.29, 0.717) is 18.1 Å². The average Bonchev–Trinajstić information content (AvgIpc) is 3.12. The van der Waals surface area contributed by atoms with Gasteiger partial charge in [0.2, 0.25) is 0 Å². The van der Waals surface area contributed by atoms with E-state index in [-0.39, 0.29) is 0 Å². The molecule has 1 aliphatic carbocycles. The van der Waals surface area contributed by atoms with Gasteiger partial charge < -0.3 is 20.3 Å². The zero-order chi connectivity index (χ0) is 16.2. The van der Waals surface area contributed by atoms with Crippen LogP contribution in [0.2, 0.25) is 0 Å². The van der Waals surface area contributed by atoms with Crippen molar-refractivity contribution < 1.29 is 4.74 Å². The van der Waals surface area contributed by atoms with Crippen molar-refractivity contribution in [2.24, 2.45) is 5.92 Å². The summed E-state index contributed by atoms with van der Waals surface area (Å²) in [5.74, 6) is 1.86.